The summed E-state index contributed by atoms with van der Waals surface area (Å²) in [5.74, 6) is 1.25. The number of rotatable bonds is 7. The Labute approximate surface area is 130 Å². The van der Waals surface area contributed by atoms with Gasteiger partial charge in [0.25, 0.3) is 5.91 Å². The van der Waals surface area contributed by atoms with Crippen LogP contribution in [0.3, 0.4) is 0 Å². The Bertz CT molecular complexity index is 624. The van der Waals surface area contributed by atoms with Crippen LogP contribution in [-0.2, 0) is 0 Å². The van der Waals surface area contributed by atoms with E-state index in [9.17, 15) is 4.79 Å². The maximum Gasteiger partial charge on any atom is 0.252 e. The molecule has 0 aliphatic rings. The first-order valence-corrected chi connectivity index (χ1v) is 7.39. The zero-order chi connectivity index (χ0) is 15.9. The summed E-state index contributed by atoms with van der Waals surface area (Å²) in [4.78, 5) is 19.8. The van der Waals surface area contributed by atoms with Crippen molar-refractivity contribution in [3.8, 4) is 5.75 Å². The van der Waals surface area contributed by atoms with Crippen molar-refractivity contribution >= 4 is 5.91 Å². The average molecular weight is 302 g/mol. The van der Waals surface area contributed by atoms with E-state index in [2.05, 4.69) is 15.3 Å². The van der Waals surface area contributed by atoms with Gasteiger partial charge >= 0.3 is 0 Å². The van der Waals surface area contributed by atoms with Crippen molar-refractivity contribution in [3.05, 3.63) is 47.5 Å². The number of hydrogen-bond acceptors (Lipinski definition) is 4. The first-order chi connectivity index (χ1) is 10.6. The quantitative estimate of drug-likeness (QED) is 0.728. The highest BCUT2D eigenvalue weighted by Crippen LogP contribution is 2.17. The number of aromatic amines is 1. The van der Waals surface area contributed by atoms with Gasteiger partial charge in [0, 0.05) is 24.0 Å². The van der Waals surface area contributed by atoms with Gasteiger partial charge in [0.1, 0.15) is 18.2 Å². The van der Waals surface area contributed by atoms with Gasteiger partial charge in [-0.15, -0.1) is 0 Å². The minimum Gasteiger partial charge on any atom is -0.492 e. The molecule has 0 saturated heterocycles. The summed E-state index contributed by atoms with van der Waals surface area (Å²) in [5, 5.41) is 2.98. The van der Waals surface area contributed by atoms with Crippen molar-refractivity contribution in [2.75, 3.05) is 13.2 Å². The summed E-state index contributed by atoms with van der Waals surface area (Å²) in [5.41, 5.74) is 6.93. The average Bonchev–Trinajstić information content (AvgIpc) is 2.97. The smallest absolute Gasteiger partial charge is 0.252 e. The first kappa shape index (κ1) is 16.0. The van der Waals surface area contributed by atoms with Crippen molar-refractivity contribution < 1.29 is 9.53 Å². The van der Waals surface area contributed by atoms with E-state index in [4.69, 9.17) is 10.5 Å². The van der Waals surface area contributed by atoms with Crippen molar-refractivity contribution in [2.45, 2.75) is 26.3 Å². The van der Waals surface area contributed by atoms with Crippen LogP contribution in [0.15, 0.2) is 30.5 Å². The van der Waals surface area contributed by atoms with Gasteiger partial charge in [-0.05, 0) is 31.5 Å². The second-order valence-corrected chi connectivity index (χ2v) is 5.05. The number of aryl methyl sites for hydroxylation is 1. The van der Waals surface area contributed by atoms with Gasteiger partial charge < -0.3 is 20.8 Å². The molecule has 1 atom stereocenters. The van der Waals surface area contributed by atoms with Gasteiger partial charge in [0.2, 0.25) is 0 Å². The van der Waals surface area contributed by atoms with Crippen LogP contribution >= 0.6 is 0 Å². The molecule has 118 valence electrons. The van der Waals surface area contributed by atoms with Crippen LogP contribution in [0, 0.1) is 6.92 Å². The van der Waals surface area contributed by atoms with Gasteiger partial charge in [-0.1, -0.05) is 13.0 Å². The molecule has 6 heteroatoms. The van der Waals surface area contributed by atoms with Crippen LogP contribution in [0.2, 0.25) is 0 Å². The summed E-state index contributed by atoms with van der Waals surface area (Å²) in [6, 6.07) is 6.92. The monoisotopic (exact) mass is 302 g/mol. The molecule has 0 spiro atoms. The molecule has 0 bridgehead atoms. The Morgan fingerprint density at radius 3 is 2.95 bits per heavy atom. The summed E-state index contributed by atoms with van der Waals surface area (Å²) in [7, 11) is 0. The molecule has 2 rings (SSSR count). The number of carbonyl (C=O) groups is 1. The topological polar surface area (TPSA) is 93.0 Å². The molecule has 1 aromatic carbocycles. The normalized spacial score (nSPS) is 12.0. The highest BCUT2D eigenvalue weighted by molar-refractivity contribution is 5.94. The highest BCUT2D eigenvalue weighted by Gasteiger charge is 2.16. The SMILES string of the molecule is CCC(NC(=O)c1cccc(OCCN)c1)c1ncc(C)[nH]1. The van der Waals surface area contributed by atoms with E-state index < -0.39 is 0 Å². The molecule has 22 heavy (non-hydrogen) atoms. The lowest BCUT2D eigenvalue weighted by molar-refractivity contribution is 0.0933. The summed E-state index contributed by atoms with van der Waals surface area (Å²) in [6.45, 7) is 4.80. The Morgan fingerprint density at radius 2 is 2.32 bits per heavy atom. The number of hydrogen-bond donors (Lipinski definition) is 3. The first-order valence-electron chi connectivity index (χ1n) is 7.39. The standard InChI is InChI=1S/C16H22N4O2/c1-3-14(15-18-10-11(2)19-15)20-16(21)12-5-4-6-13(9-12)22-8-7-17/h4-6,9-10,14H,3,7-8,17H2,1-2H3,(H,18,19)(H,20,21). The number of nitrogens with one attached hydrogen (secondary N) is 2. The van der Waals surface area contributed by atoms with Crippen LogP contribution in [0.1, 0.15) is 41.3 Å². The van der Waals surface area contributed by atoms with Crippen LogP contribution in [0.25, 0.3) is 0 Å². The number of amides is 1. The largest absolute Gasteiger partial charge is 0.492 e. The summed E-state index contributed by atoms with van der Waals surface area (Å²) >= 11 is 0. The molecule has 0 aliphatic heterocycles. The van der Waals surface area contributed by atoms with E-state index >= 15 is 0 Å². The summed E-state index contributed by atoms with van der Waals surface area (Å²) in [6.07, 6.45) is 2.51. The molecule has 1 amide bonds. The molecule has 1 heterocycles. The molecule has 0 fully saturated rings. The third-order valence-corrected chi connectivity index (χ3v) is 3.25. The Balaban J connectivity index is 2.07. The van der Waals surface area contributed by atoms with Crippen molar-refractivity contribution in [1.29, 1.82) is 0 Å². The minimum atomic E-state index is -0.154. The number of carbonyl (C=O) groups excluding carboxylic acids is 1. The van der Waals surface area contributed by atoms with E-state index in [1.54, 1.807) is 30.5 Å². The fourth-order valence-electron chi connectivity index (χ4n) is 2.12. The Hall–Kier alpha value is -2.34. The fraction of sp³-hybridized carbons (Fsp3) is 0.375. The molecule has 0 saturated carbocycles. The maximum atomic E-state index is 12.4. The van der Waals surface area contributed by atoms with Gasteiger partial charge in [-0.2, -0.15) is 0 Å². The lowest BCUT2D eigenvalue weighted by Gasteiger charge is -2.15. The van der Waals surface area contributed by atoms with Crippen LogP contribution < -0.4 is 15.8 Å². The third kappa shape index (κ3) is 4.08. The molecular formula is C16H22N4O2. The molecule has 1 aromatic heterocycles. The predicted octanol–water partition coefficient (Wildman–Crippen LogP) is 1.94. The second-order valence-electron chi connectivity index (χ2n) is 5.05. The number of nitrogens with zero attached hydrogens (tertiary/aromatic N) is 1. The fourth-order valence-corrected chi connectivity index (χ4v) is 2.12. The Kier molecular flexibility index (Phi) is 5.55. The second kappa shape index (κ2) is 7.61. The van der Waals surface area contributed by atoms with Gasteiger partial charge in [-0.25, -0.2) is 4.98 Å². The number of nitrogens with two attached hydrogens (primary N) is 1. The molecule has 4 N–H and O–H groups in total. The molecular weight excluding hydrogens is 280 g/mol. The molecule has 0 aliphatic carbocycles. The molecule has 0 radical (unpaired) electrons. The molecule has 6 nitrogen and oxygen atoms in total. The van der Waals surface area contributed by atoms with E-state index in [0.29, 0.717) is 24.5 Å². The van der Waals surface area contributed by atoms with Crippen molar-refractivity contribution in [1.82, 2.24) is 15.3 Å². The summed E-state index contributed by atoms with van der Waals surface area (Å²) < 4.78 is 5.44. The lowest BCUT2D eigenvalue weighted by atomic mass is 10.1. The van der Waals surface area contributed by atoms with Gasteiger partial charge in [0.05, 0.1) is 6.04 Å². The van der Waals surface area contributed by atoms with Crippen molar-refractivity contribution in [2.24, 2.45) is 5.73 Å². The van der Waals surface area contributed by atoms with E-state index in [1.807, 2.05) is 13.8 Å². The van der Waals surface area contributed by atoms with Gasteiger partial charge in [-0.3, -0.25) is 4.79 Å². The van der Waals surface area contributed by atoms with Crippen LogP contribution in [-0.4, -0.2) is 29.0 Å². The van der Waals surface area contributed by atoms with E-state index in [0.717, 1.165) is 17.9 Å². The van der Waals surface area contributed by atoms with Crippen molar-refractivity contribution in [3.63, 3.8) is 0 Å². The maximum absolute atomic E-state index is 12.4. The number of ether oxygens (including phenoxy) is 1. The third-order valence-electron chi connectivity index (χ3n) is 3.25. The molecule has 1 unspecified atom stereocenters. The number of imidazole rings is 1. The highest BCUT2D eigenvalue weighted by atomic mass is 16.5. The minimum absolute atomic E-state index is 0.144. The van der Waals surface area contributed by atoms with E-state index in [-0.39, 0.29) is 11.9 Å². The van der Waals surface area contributed by atoms with E-state index in [1.165, 1.54) is 0 Å². The number of benzene rings is 1. The lowest BCUT2D eigenvalue weighted by Crippen LogP contribution is -2.29. The molecule has 2 aromatic rings. The van der Waals surface area contributed by atoms with Crippen LogP contribution in [0.4, 0.5) is 0 Å². The Morgan fingerprint density at radius 1 is 1.50 bits per heavy atom. The zero-order valence-corrected chi connectivity index (χ0v) is 12.9. The number of H-pyrrole nitrogens is 1. The zero-order valence-electron chi connectivity index (χ0n) is 12.9. The number of aromatic nitrogens is 2. The van der Waals surface area contributed by atoms with Gasteiger partial charge in [0.15, 0.2) is 0 Å². The predicted molar refractivity (Wildman–Crippen MR) is 84.8 cm³/mol. The van der Waals surface area contributed by atoms with Crippen LogP contribution in [0.5, 0.6) is 5.75 Å².